The average molecular weight is 388 g/mol. The van der Waals surface area contributed by atoms with Gasteiger partial charge in [0.15, 0.2) is 0 Å². The highest BCUT2D eigenvalue weighted by Gasteiger charge is 2.33. The van der Waals surface area contributed by atoms with Crippen LogP contribution < -0.4 is 5.32 Å². The molecule has 5 nitrogen and oxygen atoms in total. The summed E-state index contributed by atoms with van der Waals surface area (Å²) in [6.07, 6.45) is 0.412. The number of nitrogens with one attached hydrogen (secondary N) is 1. The zero-order chi connectivity index (χ0) is 19.6. The van der Waals surface area contributed by atoms with Gasteiger partial charge in [0, 0.05) is 30.7 Å². The van der Waals surface area contributed by atoms with E-state index in [1.54, 1.807) is 0 Å². The highest BCUT2D eigenvalue weighted by Crippen LogP contribution is 2.28. The lowest BCUT2D eigenvalue weighted by Gasteiger charge is -2.45. The third-order valence-electron chi connectivity index (χ3n) is 4.94. The predicted molar refractivity (Wildman–Crippen MR) is 110 cm³/mol. The molecule has 1 aromatic carbocycles. The second kappa shape index (κ2) is 8.09. The van der Waals surface area contributed by atoms with E-state index in [-0.39, 0.29) is 23.7 Å². The fraction of sp³-hybridized carbons (Fsp3) is 0.524. The minimum atomic E-state index is -0.144. The van der Waals surface area contributed by atoms with Crippen LogP contribution in [0.2, 0.25) is 0 Å². The summed E-state index contributed by atoms with van der Waals surface area (Å²) in [7, 11) is 0. The first-order chi connectivity index (χ1) is 12.8. The maximum Gasteiger partial charge on any atom is 0.263 e. The summed E-state index contributed by atoms with van der Waals surface area (Å²) in [6, 6.07) is 9.89. The molecule has 0 aliphatic carbocycles. The molecule has 2 unspecified atom stereocenters. The number of thiazole rings is 1. The molecule has 0 spiro atoms. The van der Waals surface area contributed by atoms with Crippen molar-refractivity contribution in [2.45, 2.75) is 52.4 Å². The zero-order valence-electron chi connectivity index (χ0n) is 16.8. The average Bonchev–Trinajstić information content (AvgIpc) is 3.01. The van der Waals surface area contributed by atoms with Gasteiger partial charge in [-0.2, -0.15) is 0 Å². The van der Waals surface area contributed by atoms with Gasteiger partial charge in [-0.1, -0.05) is 30.3 Å². The first-order valence-corrected chi connectivity index (χ1v) is 10.3. The van der Waals surface area contributed by atoms with E-state index in [0.717, 1.165) is 29.4 Å². The van der Waals surface area contributed by atoms with Crippen LogP contribution in [0.25, 0.3) is 11.3 Å². The van der Waals surface area contributed by atoms with Gasteiger partial charge < -0.3 is 10.1 Å². The number of benzene rings is 1. The fourth-order valence-electron chi connectivity index (χ4n) is 3.53. The molecule has 1 amide bonds. The van der Waals surface area contributed by atoms with Gasteiger partial charge in [-0.05, 0) is 34.6 Å². The minimum absolute atomic E-state index is 0.0538. The molecule has 1 aliphatic rings. The predicted octanol–water partition coefficient (Wildman–Crippen LogP) is 3.74. The number of nitrogens with zero attached hydrogens (tertiary/aromatic N) is 2. The largest absolute Gasteiger partial charge is 0.373 e. The Hall–Kier alpha value is -1.76. The van der Waals surface area contributed by atoms with Gasteiger partial charge in [0.1, 0.15) is 4.88 Å². The van der Waals surface area contributed by atoms with E-state index in [2.05, 4.69) is 42.9 Å². The molecule has 2 atom stereocenters. The first-order valence-electron chi connectivity index (χ1n) is 9.48. The first kappa shape index (κ1) is 20.0. The van der Waals surface area contributed by atoms with E-state index in [9.17, 15) is 4.79 Å². The molecule has 3 rings (SSSR count). The number of aromatic nitrogens is 1. The fourth-order valence-corrected chi connectivity index (χ4v) is 4.39. The molecule has 0 saturated carbocycles. The number of carbonyl (C=O) groups excluding carboxylic acids is 1. The molecule has 1 N–H and O–H groups in total. The number of amides is 1. The third kappa shape index (κ3) is 4.75. The van der Waals surface area contributed by atoms with E-state index in [4.69, 9.17) is 4.74 Å². The maximum atomic E-state index is 12.9. The number of morpholine rings is 1. The van der Waals surface area contributed by atoms with Crippen molar-refractivity contribution in [1.29, 1.82) is 0 Å². The molecule has 2 heterocycles. The molecule has 1 aromatic heterocycles. The van der Waals surface area contributed by atoms with Crippen LogP contribution >= 0.6 is 11.3 Å². The van der Waals surface area contributed by atoms with E-state index in [0.29, 0.717) is 11.4 Å². The standard InChI is InChI=1S/C21H29N3O2S/c1-14-11-24(12-15(2)26-14)21(4,5)13-22-20(25)19-18(23-16(3)27-19)17-9-7-6-8-10-17/h6-10,14-15H,11-13H2,1-5H3,(H,22,25). The van der Waals surface area contributed by atoms with E-state index >= 15 is 0 Å². The third-order valence-corrected chi connectivity index (χ3v) is 5.91. The Labute approximate surface area is 165 Å². The van der Waals surface area contributed by atoms with Crippen molar-refractivity contribution in [3.8, 4) is 11.3 Å². The van der Waals surface area contributed by atoms with Crippen LogP contribution in [0.1, 0.15) is 42.4 Å². The second-order valence-electron chi connectivity index (χ2n) is 7.93. The molecular formula is C21H29N3O2S. The van der Waals surface area contributed by atoms with Gasteiger partial charge in [-0.15, -0.1) is 11.3 Å². The Morgan fingerprint density at radius 1 is 1.26 bits per heavy atom. The van der Waals surface area contributed by atoms with Gasteiger partial charge in [0.05, 0.1) is 22.9 Å². The van der Waals surface area contributed by atoms with Crippen LogP contribution in [0.4, 0.5) is 0 Å². The van der Waals surface area contributed by atoms with Crippen molar-refractivity contribution in [2.75, 3.05) is 19.6 Å². The molecule has 0 bridgehead atoms. The van der Waals surface area contributed by atoms with Crippen LogP contribution in [-0.2, 0) is 4.74 Å². The monoisotopic (exact) mass is 387 g/mol. The topological polar surface area (TPSA) is 54.5 Å². The summed E-state index contributed by atoms with van der Waals surface area (Å²) >= 11 is 1.45. The van der Waals surface area contributed by atoms with Crippen molar-refractivity contribution in [3.63, 3.8) is 0 Å². The summed E-state index contributed by atoms with van der Waals surface area (Å²) in [5, 5.41) is 4.04. The summed E-state index contributed by atoms with van der Waals surface area (Å²) in [6.45, 7) is 12.8. The molecule has 1 fully saturated rings. The van der Waals surface area contributed by atoms with Crippen LogP contribution in [-0.4, -0.2) is 53.2 Å². The lowest BCUT2D eigenvalue weighted by molar-refractivity contribution is -0.0948. The molecular weight excluding hydrogens is 358 g/mol. The molecule has 1 saturated heterocycles. The highest BCUT2D eigenvalue weighted by molar-refractivity contribution is 7.14. The molecule has 1 aliphatic heterocycles. The van der Waals surface area contributed by atoms with Crippen molar-refractivity contribution in [3.05, 3.63) is 40.2 Å². The van der Waals surface area contributed by atoms with E-state index in [1.807, 2.05) is 37.3 Å². The SMILES string of the molecule is Cc1nc(-c2ccccc2)c(C(=O)NCC(C)(C)N2CC(C)OC(C)C2)s1. The molecule has 146 valence electrons. The van der Waals surface area contributed by atoms with Gasteiger partial charge in [0.2, 0.25) is 0 Å². The number of aryl methyl sites for hydroxylation is 1. The van der Waals surface area contributed by atoms with Crippen molar-refractivity contribution >= 4 is 17.2 Å². The Morgan fingerprint density at radius 2 is 1.89 bits per heavy atom. The van der Waals surface area contributed by atoms with Crippen molar-refractivity contribution in [1.82, 2.24) is 15.2 Å². The zero-order valence-corrected chi connectivity index (χ0v) is 17.6. The maximum absolute atomic E-state index is 12.9. The summed E-state index contributed by atoms with van der Waals surface area (Å²) in [5.41, 5.74) is 1.60. The Kier molecular flexibility index (Phi) is 5.99. The van der Waals surface area contributed by atoms with Crippen LogP contribution in [0.5, 0.6) is 0 Å². The second-order valence-corrected chi connectivity index (χ2v) is 9.14. The van der Waals surface area contributed by atoms with Gasteiger partial charge in [-0.25, -0.2) is 4.98 Å². The van der Waals surface area contributed by atoms with Crippen LogP contribution in [0.3, 0.4) is 0 Å². The van der Waals surface area contributed by atoms with Crippen molar-refractivity contribution < 1.29 is 9.53 Å². The number of hydrogen-bond acceptors (Lipinski definition) is 5. The number of carbonyl (C=O) groups is 1. The van der Waals surface area contributed by atoms with Gasteiger partial charge in [0.25, 0.3) is 5.91 Å². The number of rotatable bonds is 5. The van der Waals surface area contributed by atoms with Gasteiger partial charge in [-0.3, -0.25) is 9.69 Å². The summed E-state index contributed by atoms with van der Waals surface area (Å²) in [4.78, 5) is 20.6. The number of hydrogen-bond donors (Lipinski definition) is 1. The molecule has 6 heteroatoms. The Morgan fingerprint density at radius 3 is 2.52 bits per heavy atom. The Balaban J connectivity index is 1.71. The Bertz CT molecular complexity index is 778. The lowest BCUT2D eigenvalue weighted by Crippen LogP contribution is -2.58. The normalized spacial score (nSPS) is 21.2. The smallest absolute Gasteiger partial charge is 0.263 e. The quantitative estimate of drug-likeness (QED) is 0.849. The van der Waals surface area contributed by atoms with E-state index in [1.165, 1.54) is 11.3 Å². The number of ether oxygens (including phenoxy) is 1. The highest BCUT2D eigenvalue weighted by atomic mass is 32.1. The molecule has 2 aromatic rings. The van der Waals surface area contributed by atoms with Crippen LogP contribution in [0.15, 0.2) is 30.3 Å². The minimum Gasteiger partial charge on any atom is -0.373 e. The van der Waals surface area contributed by atoms with Gasteiger partial charge >= 0.3 is 0 Å². The van der Waals surface area contributed by atoms with E-state index < -0.39 is 0 Å². The molecule has 0 radical (unpaired) electrons. The van der Waals surface area contributed by atoms with Crippen LogP contribution in [0, 0.1) is 6.92 Å². The summed E-state index contributed by atoms with van der Waals surface area (Å²) in [5.74, 6) is -0.0538. The lowest BCUT2D eigenvalue weighted by atomic mass is 10.00. The van der Waals surface area contributed by atoms with Crippen molar-refractivity contribution in [2.24, 2.45) is 0 Å². The summed E-state index contributed by atoms with van der Waals surface area (Å²) < 4.78 is 5.84. The molecule has 27 heavy (non-hydrogen) atoms.